The summed E-state index contributed by atoms with van der Waals surface area (Å²) in [6.45, 7) is 0.122. The molecule has 0 saturated carbocycles. The molecule has 2 aromatic rings. The number of hydrogen-bond donors (Lipinski definition) is 1. The fourth-order valence-electron chi connectivity index (χ4n) is 2.46. The molecule has 1 N–H and O–H groups in total. The van der Waals surface area contributed by atoms with Crippen LogP contribution in [0.2, 0.25) is 5.02 Å². The van der Waals surface area contributed by atoms with Gasteiger partial charge in [-0.05, 0) is 35.7 Å². The average Bonchev–Trinajstić information content (AvgIpc) is 3.10. The van der Waals surface area contributed by atoms with E-state index in [1.165, 1.54) is 17.3 Å². The Morgan fingerprint density at radius 3 is 2.77 bits per heavy atom. The Labute approximate surface area is 160 Å². The number of ether oxygens (including phenoxy) is 1. The summed E-state index contributed by atoms with van der Waals surface area (Å²) in [5.74, 6) is 3.41. The van der Waals surface area contributed by atoms with Crippen LogP contribution < -0.4 is 4.74 Å². The number of halogens is 2. The van der Waals surface area contributed by atoms with Gasteiger partial charge in [-0.25, -0.2) is 9.67 Å². The number of allylic oxidation sites excluding steroid dienone is 3. The summed E-state index contributed by atoms with van der Waals surface area (Å²) in [6, 6.07) is 4.96. The molecule has 0 fully saturated rings. The lowest BCUT2D eigenvalue weighted by atomic mass is 9.90. The van der Waals surface area contributed by atoms with Gasteiger partial charge in [-0.1, -0.05) is 29.3 Å². The fraction of sp³-hybridized carbons (Fsp3) is 0.158. The highest BCUT2D eigenvalue weighted by Crippen LogP contribution is 2.35. The molecule has 1 heterocycles. The number of aromatic nitrogens is 3. The summed E-state index contributed by atoms with van der Waals surface area (Å²) < 4.78 is 7.16. The van der Waals surface area contributed by atoms with Crippen LogP contribution in [0.25, 0.3) is 0 Å². The summed E-state index contributed by atoms with van der Waals surface area (Å²) in [5, 5.41) is 15.8. The molecule has 1 aromatic carbocycles. The highest BCUT2D eigenvalue weighted by Gasteiger charge is 2.32. The van der Waals surface area contributed by atoms with E-state index in [0.717, 1.165) is 0 Å². The van der Waals surface area contributed by atoms with Crippen LogP contribution >= 0.6 is 23.2 Å². The SMILES string of the molecule is C#CCC(O)(Cn1cncn1)c1ccc(OC2=C=C=C(Cl)C=C2)cc1Cl. The van der Waals surface area contributed by atoms with E-state index in [1.807, 2.05) is 0 Å². The van der Waals surface area contributed by atoms with Crippen LogP contribution in [0.3, 0.4) is 0 Å². The molecule has 0 radical (unpaired) electrons. The number of benzene rings is 1. The van der Waals surface area contributed by atoms with Gasteiger partial charge >= 0.3 is 0 Å². The van der Waals surface area contributed by atoms with Crippen LogP contribution in [-0.2, 0) is 12.1 Å². The van der Waals surface area contributed by atoms with Gasteiger partial charge < -0.3 is 9.84 Å². The van der Waals surface area contributed by atoms with E-state index in [2.05, 4.69) is 27.5 Å². The summed E-state index contributed by atoms with van der Waals surface area (Å²) in [4.78, 5) is 3.87. The number of rotatable bonds is 6. The zero-order valence-electron chi connectivity index (χ0n) is 13.5. The van der Waals surface area contributed by atoms with Gasteiger partial charge in [0.2, 0.25) is 0 Å². The van der Waals surface area contributed by atoms with Crippen molar-refractivity contribution in [1.29, 1.82) is 0 Å². The van der Waals surface area contributed by atoms with Crippen molar-refractivity contribution in [3.8, 4) is 18.1 Å². The van der Waals surface area contributed by atoms with Crippen molar-refractivity contribution in [2.45, 2.75) is 18.6 Å². The zero-order valence-corrected chi connectivity index (χ0v) is 15.0. The van der Waals surface area contributed by atoms with Crippen molar-refractivity contribution in [3.05, 3.63) is 75.8 Å². The van der Waals surface area contributed by atoms with Crippen LogP contribution in [-0.4, -0.2) is 19.9 Å². The summed E-state index contributed by atoms with van der Waals surface area (Å²) >= 11 is 12.2. The maximum Gasteiger partial charge on any atom is 0.177 e. The lowest BCUT2D eigenvalue weighted by Gasteiger charge is -2.27. The van der Waals surface area contributed by atoms with Gasteiger partial charge in [-0.15, -0.1) is 12.3 Å². The third kappa shape index (κ3) is 4.09. The molecule has 1 aliphatic rings. The van der Waals surface area contributed by atoms with Crippen molar-refractivity contribution in [2.75, 3.05) is 0 Å². The minimum atomic E-state index is -1.39. The van der Waals surface area contributed by atoms with Crippen molar-refractivity contribution in [2.24, 2.45) is 0 Å². The second kappa shape index (κ2) is 7.68. The van der Waals surface area contributed by atoms with Crippen molar-refractivity contribution in [3.63, 3.8) is 0 Å². The predicted molar refractivity (Wildman–Crippen MR) is 98.5 cm³/mol. The molecule has 0 bridgehead atoms. The molecule has 1 aliphatic carbocycles. The molecular formula is C19H13Cl2N3O2. The van der Waals surface area contributed by atoms with E-state index in [-0.39, 0.29) is 13.0 Å². The molecule has 3 rings (SSSR count). The second-order valence-corrected chi connectivity index (χ2v) is 6.36. The Morgan fingerprint density at radius 2 is 2.15 bits per heavy atom. The van der Waals surface area contributed by atoms with Crippen LogP contribution in [0.4, 0.5) is 0 Å². The molecule has 5 nitrogen and oxygen atoms in total. The average molecular weight is 386 g/mol. The number of nitrogens with zero attached hydrogens (tertiary/aromatic N) is 3. The first-order chi connectivity index (χ1) is 12.5. The highest BCUT2D eigenvalue weighted by atomic mass is 35.5. The molecule has 0 amide bonds. The molecular weight excluding hydrogens is 373 g/mol. The standard InChI is InChI=1S/C19H13Cl2N3O2/c1-2-9-19(25,11-24-13-22-12-23-24)17-8-7-16(10-18(17)21)26-15-5-3-14(20)4-6-15/h1,3,5,7-8,10,12-13,25H,9,11H2. The van der Waals surface area contributed by atoms with E-state index < -0.39 is 5.60 Å². The lowest BCUT2D eigenvalue weighted by Crippen LogP contribution is -2.31. The predicted octanol–water partition coefficient (Wildman–Crippen LogP) is 3.55. The van der Waals surface area contributed by atoms with Crippen molar-refractivity contribution < 1.29 is 9.84 Å². The maximum atomic E-state index is 11.1. The first kappa shape index (κ1) is 18.1. The topological polar surface area (TPSA) is 60.2 Å². The van der Waals surface area contributed by atoms with E-state index in [9.17, 15) is 5.11 Å². The van der Waals surface area contributed by atoms with Crippen LogP contribution in [0.15, 0.2) is 65.3 Å². The largest absolute Gasteiger partial charge is 0.448 e. The van der Waals surface area contributed by atoms with Gasteiger partial charge in [-0.3, -0.25) is 0 Å². The number of hydrogen-bond acceptors (Lipinski definition) is 4. The van der Waals surface area contributed by atoms with Gasteiger partial charge in [0.25, 0.3) is 0 Å². The number of terminal acetylenes is 1. The minimum Gasteiger partial charge on any atom is -0.448 e. The smallest absolute Gasteiger partial charge is 0.177 e. The van der Waals surface area contributed by atoms with Crippen molar-refractivity contribution in [1.82, 2.24) is 14.8 Å². The Bertz CT molecular complexity index is 992. The van der Waals surface area contributed by atoms with E-state index in [0.29, 0.717) is 27.1 Å². The third-order valence-electron chi connectivity index (χ3n) is 3.64. The maximum absolute atomic E-state index is 11.1. The quantitative estimate of drug-likeness (QED) is 0.609. The fourth-order valence-corrected chi connectivity index (χ4v) is 2.92. The van der Waals surface area contributed by atoms with Crippen LogP contribution in [0, 0.1) is 12.3 Å². The van der Waals surface area contributed by atoms with Gasteiger partial charge in [0.1, 0.15) is 24.0 Å². The van der Waals surface area contributed by atoms with Gasteiger partial charge in [0.05, 0.1) is 16.6 Å². The molecule has 0 spiro atoms. The Balaban J connectivity index is 1.89. The molecule has 1 unspecified atom stereocenters. The number of aliphatic hydroxyl groups is 1. The molecule has 26 heavy (non-hydrogen) atoms. The Kier molecular flexibility index (Phi) is 5.35. The Morgan fingerprint density at radius 1 is 1.31 bits per heavy atom. The minimum absolute atomic E-state index is 0.0622. The summed E-state index contributed by atoms with van der Waals surface area (Å²) in [7, 11) is 0. The molecule has 1 atom stereocenters. The van der Waals surface area contributed by atoms with E-state index >= 15 is 0 Å². The lowest BCUT2D eigenvalue weighted by molar-refractivity contribution is 0.0200. The molecule has 1 aromatic heterocycles. The van der Waals surface area contributed by atoms with Crippen LogP contribution in [0.5, 0.6) is 5.75 Å². The van der Waals surface area contributed by atoms with Crippen molar-refractivity contribution >= 4 is 23.2 Å². The van der Waals surface area contributed by atoms with Gasteiger partial charge in [0.15, 0.2) is 5.76 Å². The highest BCUT2D eigenvalue weighted by molar-refractivity contribution is 6.31. The van der Waals surface area contributed by atoms with Gasteiger partial charge in [-0.2, -0.15) is 5.10 Å². The van der Waals surface area contributed by atoms with E-state index in [4.69, 9.17) is 34.4 Å². The normalized spacial score (nSPS) is 15.0. The molecule has 0 aliphatic heterocycles. The van der Waals surface area contributed by atoms with E-state index in [1.54, 1.807) is 30.4 Å². The summed E-state index contributed by atoms with van der Waals surface area (Å²) in [6.07, 6.45) is 11.7. The molecule has 0 saturated heterocycles. The third-order valence-corrected chi connectivity index (χ3v) is 4.17. The second-order valence-electron chi connectivity index (χ2n) is 5.54. The Hall–Kier alpha value is -2.70. The van der Waals surface area contributed by atoms with Gasteiger partial charge in [0, 0.05) is 12.0 Å². The van der Waals surface area contributed by atoms with Crippen LogP contribution in [0.1, 0.15) is 12.0 Å². The summed E-state index contributed by atoms with van der Waals surface area (Å²) in [5.41, 5.74) is 4.59. The monoisotopic (exact) mass is 385 g/mol. The molecule has 130 valence electrons. The first-order valence-corrected chi connectivity index (χ1v) is 8.31. The first-order valence-electron chi connectivity index (χ1n) is 7.56. The molecule has 7 heteroatoms. The zero-order chi connectivity index (χ0) is 18.6.